The Morgan fingerprint density at radius 2 is 2.03 bits per heavy atom. The topological polar surface area (TPSA) is 72.5 Å². The smallest absolute Gasteiger partial charge is 0.389 e. The molecule has 2 saturated heterocycles. The van der Waals surface area contributed by atoms with E-state index in [4.69, 9.17) is 56.2 Å². The Bertz CT molecular complexity index is 571. The third kappa shape index (κ3) is 6.62. The molecule has 0 aromatic rings. The minimum atomic E-state index is -4.07. The van der Waals surface area contributed by atoms with E-state index in [0.29, 0.717) is 6.42 Å². The van der Waals surface area contributed by atoms with Gasteiger partial charge in [-0.25, -0.2) is 13.3 Å². The van der Waals surface area contributed by atoms with E-state index in [-0.39, 0.29) is 36.8 Å². The molecule has 5 radical (unpaired) electrons. The molecular weight excluding hydrogens is 446 g/mol. The number of methoxy groups -OCH3 is 2. The van der Waals surface area contributed by atoms with Crippen molar-refractivity contribution in [2.75, 3.05) is 38.9 Å². The Hall–Kier alpha value is 0.745. The van der Waals surface area contributed by atoms with Crippen LogP contribution < -0.4 is 0 Å². The first-order chi connectivity index (χ1) is 13.7. The van der Waals surface area contributed by atoms with E-state index in [1.54, 1.807) is 0 Å². The molecular formula is C14H22B3F2O7PS2-. The van der Waals surface area contributed by atoms with Crippen molar-refractivity contribution < 1.29 is 41.3 Å². The second-order valence-electron chi connectivity index (χ2n) is 6.45. The van der Waals surface area contributed by atoms with Crippen LogP contribution in [0.1, 0.15) is 6.42 Å². The van der Waals surface area contributed by atoms with Gasteiger partial charge in [0.15, 0.2) is 6.10 Å². The zero-order valence-electron chi connectivity index (χ0n) is 16.1. The van der Waals surface area contributed by atoms with E-state index in [9.17, 15) is 13.3 Å². The van der Waals surface area contributed by atoms with Gasteiger partial charge in [-0.15, -0.1) is 0 Å². The highest BCUT2D eigenvalue weighted by Gasteiger charge is 2.59. The molecule has 0 amide bonds. The molecule has 0 aromatic heterocycles. The van der Waals surface area contributed by atoms with Crippen molar-refractivity contribution >= 4 is 53.6 Å². The Morgan fingerprint density at radius 3 is 2.62 bits per heavy atom. The van der Waals surface area contributed by atoms with E-state index in [1.165, 1.54) is 21.4 Å². The summed E-state index contributed by atoms with van der Waals surface area (Å²) < 4.78 is 73.9. The van der Waals surface area contributed by atoms with E-state index in [2.05, 4.69) is 0 Å². The van der Waals surface area contributed by atoms with Gasteiger partial charge in [0, 0.05) is 28.0 Å². The van der Waals surface area contributed by atoms with Gasteiger partial charge in [0.05, 0.1) is 32.5 Å². The molecule has 29 heavy (non-hydrogen) atoms. The maximum Gasteiger partial charge on any atom is 0.389 e. The molecule has 2 aliphatic rings. The molecule has 7 nitrogen and oxygen atoms in total. The average Bonchev–Trinajstić information content (AvgIpc) is 3.19. The molecule has 2 heterocycles. The van der Waals surface area contributed by atoms with Crippen molar-refractivity contribution in [2.45, 2.75) is 48.8 Å². The first kappa shape index (κ1) is 26.0. The lowest BCUT2D eigenvalue weighted by atomic mass is 9.51. The summed E-state index contributed by atoms with van der Waals surface area (Å²) in [6.07, 6.45) is -3.58. The monoisotopic (exact) mass is 468 g/mol. The Morgan fingerprint density at radius 1 is 1.31 bits per heavy atom. The molecule has 15 heteroatoms. The summed E-state index contributed by atoms with van der Waals surface area (Å²) >= 11 is 5.60. The number of hydrogen-bond acceptors (Lipinski definition) is 9. The number of hydrogen-bond donors (Lipinski definition) is 0. The van der Waals surface area contributed by atoms with Crippen LogP contribution in [0.25, 0.3) is 0 Å². The fourth-order valence-corrected chi connectivity index (χ4v) is 6.82. The fourth-order valence-electron chi connectivity index (χ4n) is 3.01. The lowest BCUT2D eigenvalue weighted by molar-refractivity contribution is -0.0860. The molecule has 0 aromatic carbocycles. The van der Waals surface area contributed by atoms with Crippen LogP contribution in [0.2, 0.25) is 0 Å². The Labute approximate surface area is 182 Å². The van der Waals surface area contributed by atoms with E-state index >= 15 is 0 Å². The van der Waals surface area contributed by atoms with Crippen molar-refractivity contribution in [3.05, 3.63) is 0 Å². The maximum atomic E-state index is 14.5. The zero-order chi connectivity index (χ0) is 21.7. The van der Waals surface area contributed by atoms with Crippen LogP contribution in [0.4, 0.5) is 8.78 Å². The molecule has 0 N–H and O–H groups in total. The fraction of sp³-hybridized carbons (Fsp3) is 1.00. The van der Waals surface area contributed by atoms with Crippen LogP contribution in [0.5, 0.6) is 0 Å². The minimum Gasteiger partial charge on any atom is -0.792 e. The molecule has 0 aliphatic carbocycles. The van der Waals surface area contributed by atoms with E-state index in [0.717, 1.165) is 11.4 Å². The van der Waals surface area contributed by atoms with E-state index < -0.39 is 37.0 Å². The van der Waals surface area contributed by atoms with Gasteiger partial charge in [0.1, 0.15) is 20.1 Å². The van der Waals surface area contributed by atoms with Gasteiger partial charge < -0.3 is 31.6 Å². The van der Waals surface area contributed by atoms with Crippen LogP contribution in [0.3, 0.4) is 0 Å². The van der Waals surface area contributed by atoms with Gasteiger partial charge in [0.2, 0.25) is 0 Å². The van der Waals surface area contributed by atoms with Gasteiger partial charge in [-0.3, -0.25) is 9.05 Å². The predicted octanol–water partition coefficient (Wildman–Crippen LogP) is 0.869. The third-order valence-corrected chi connectivity index (χ3v) is 8.65. The number of ether oxygens (including phenoxy) is 4. The largest absolute Gasteiger partial charge is 0.792 e. The molecule has 2 aliphatic heterocycles. The highest BCUT2D eigenvalue weighted by molar-refractivity contribution is 8.55. The highest BCUT2D eigenvalue weighted by Crippen LogP contribution is 2.63. The molecule has 1 unspecified atom stereocenters. The quantitative estimate of drug-likeness (QED) is 0.236. The normalized spacial score (nSPS) is 36.2. The van der Waals surface area contributed by atoms with Gasteiger partial charge in [-0.2, -0.15) is 5.75 Å². The summed E-state index contributed by atoms with van der Waals surface area (Å²) in [6.45, 7) is -4.49. The molecule has 0 spiro atoms. The summed E-state index contributed by atoms with van der Waals surface area (Å²) in [5.41, 5.74) is 0. The van der Waals surface area contributed by atoms with Crippen molar-refractivity contribution in [1.82, 2.24) is 0 Å². The summed E-state index contributed by atoms with van der Waals surface area (Å²) in [4.78, 5) is 0. The van der Waals surface area contributed by atoms with Crippen LogP contribution in [-0.2, 0) is 45.2 Å². The summed E-state index contributed by atoms with van der Waals surface area (Å²) in [6, 6.07) is -2.27. The first-order valence-corrected chi connectivity index (χ1v) is 12.6. The predicted molar refractivity (Wildman–Crippen MR) is 110 cm³/mol. The van der Waals surface area contributed by atoms with Crippen molar-refractivity contribution in [1.29, 1.82) is 0 Å². The Balaban J connectivity index is 2.11. The van der Waals surface area contributed by atoms with Crippen LogP contribution in [-0.4, -0.2) is 104 Å². The Kier molecular flexibility index (Phi) is 10.4. The highest BCUT2D eigenvalue weighted by atomic mass is 32.7. The van der Waals surface area contributed by atoms with Crippen molar-refractivity contribution in [3.63, 3.8) is 0 Å². The number of rotatable bonds is 12. The second kappa shape index (κ2) is 11.6. The summed E-state index contributed by atoms with van der Waals surface area (Å²) in [7, 11) is 15.1. The minimum absolute atomic E-state index is 0.200. The molecule has 2 rings (SSSR count). The standard InChI is InChI=1S/C14H23B3F2O7PS2/c1-21-6-10-12(14(18,19)13(15)25-10)26-27(20,29-4-3-28)23-7-9-8(22-2)5-11(17-16)24-9/h8-13,28H,3-7H2,1-2H3/p-1/t8-,9-,10-,11-,12+,13-,27?/m1/s1. The molecule has 0 bridgehead atoms. The summed E-state index contributed by atoms with van der Waals surface area (Å²) in [5, 5.41) is 0. The molecule has 161 valence electrons. The average molecular weight is 468 g/mol. The molecule has 0 saturated carbocycles. The number of alkyl halides is 2. The van der Waals surface area contributed by atoms with Crippen LogP contribution in [0.15, 0.2) is 0 Å². The summed E-state index contributed by atoms with van der Waals surface area (Å²) in [5.74, 6) is -3.16. The van der Waals surface area contributed by atoms with Crippen molar-refractivity contribution in [3.8, 4) is 0 Å². The van der Waals surface area contributed by atoms with Gasteiger partial charge >= 0.3 is 6.80 Å². The lowest BCUT2D eigenvalue weighted by Crippen LogP contribution is -2.42. The first-order valence-electron chi connectivity index (χ1n) is 8.87. The van der Waals surface area contributed by atoms with Crippen LogP contribution >= 0.6 is 18.2 Å². The zero-order valence-corrected chi connectivity index (χ0v) is 18.6. The van der Waals surface area contributed by atoms with Crippen LogP contribution in [0, 0.1) is 0 Å². The van der Waals surface area contributed by atoms with Gasteiger partial charge in [-0.05, 0) is 23.6 Å². The van der Waals surface area contributed by atoms with Gasteiger partial charge in [0.25, 0.3) is 5.92 Å². The molecule has 2 fully saturated rings. The van der Waals surface area contributed by atoms with Crippen molar-refractivity contribution in [2.24, 2.45) is 0 Å². The maximum absolute atomic E-state index is 14.5. The SMILES string of the molecule is [B][B][C@H]1C[C@@H](OC)[C@@H](COP(=O)(O[C@H]2[C@@H](COC)O[C@@H]([B])C2(F)F)SCC[S-])O1. The number of halogens is 2. The third-order valence-electron chi connectivity index (χ3n) is 4.47. The van der Waals surface area contributed by atoms with E-state index in [1.807, 2.05) is 0 Å². The molecule has 7 atom stereocenters. The van der Waals surface area contributed by atoms with Gasteiger partial charge in [-0.1, -0.05) is 0 Å². The lowest BCUT2D eigenvalue weighted by Gasteiger charge is -2.29. The second-order valence-corrected chi connectivity index (χ2v) is 11.0.